The van der Waals surface area contributed by atoms with Crippen LogP contribution in [0.1, 0.15) is 10.4 Å². The molecule has 4 rings (SSSR count). The minimum absolute atomic E-state index is 0.925. The predicted molar refractivity (Wildman–Crippen MR) is 95.0 cm³/mol. The van der Waals surface area contributed by atoms with E-state index in [-0.39, 0.29) is 0 Å². The number of thioether (sulfide) groups is 1. The average Bonchev–Trinajstić information content (AvgIpc) is 3.03. The lowest BCUT2D eigenvalue weighted by Gasteiger charge is -2.03. The van der Waals surface area contributed by atoms with Crippen molar-refractivity contribution >= 4 is 39.4 Å². The van der Waals surface area contributed by atoms with Gasteiger partial charge in [-0.1, -0.05) is 48.2 Å². The van der Waals surface area contributed by atoms with Crippen molar-refractivity contribution in [2.75, 3.05) is 0 Å². The van der Waals surface area contributed by atoms with Gasteiger partial charge in [0, 0.05) is 21.5 Å². The number of benzene rings is 1. The van der Waals surface area contributed by atoms with Crippen molar-refractivity contribution in [3.05, 3.63) is 82.7 Å². The van der Waals surface area contributed by atoms with Crippen molar-refractivity contribution in [3.8, 4) is 0 Å². The number of hydrogen-bond donors (Lipinski definition) is 0. The predicted octanol–water partition coefficient (Wildman–Crippen LogP) is 5.41. The van der Waals surface area contributed by atoms with Gasteiger partial charge in [-0.25, -0.2) is 9.98 Å². The average molecular weight is 320 g/mol. The minimum atomic E-state index is 0.925. The third-order valence-electron chi connectivity index (χ3n) is 3.30. The largest absolute Gasteiger partial charge is 0.247 e. The number of fused-ring (bicyclic) bond motifs is 1. The number of thiophene rings is 1. The van der Waals surface area contributed by atoms with Gasteiger partial charge in [0.1, 0.15) is 5.03 Å². The number of allylic oxidation sites excluding steroid dienone is 1. The lowest BCUT2D eigenvalue weighted by atomic mass is 10.1. The molecule has 0 spiro atoms. The van der Waals surface area contributed by atoms with Crippen molar-refractivity contribution in [2.24, 2.45) is 4.99 Å². The van der Waals surface area contributed by atoms with Gasteiger partial charge in [0.2, 0.25) is 0 Å². The van der Waals surface area contributed by atoms with Crippen LogP contribution in [0.2, 0.25) is 0 Å². The van der Waals surface area contributed by atoms with Crippen molar-refractivity contribution in [1.82, 2.24) is 4.98 Å². The van der Waals surface area contributed by atoms with E-state index in [9.17, 15) is 0 Å². The van der Waals surface area contributed by atoms with E-state index in [4.69, 9.17) is 4.99 Å². The maximum absolute atomic E-state index is 4.83. The molecule has 0 fully saturated rings. The molecular weight excluding hydrogens is 308 g/mol. The Hall–Kier alpha value is -2.17. The summed E-state index contributed by atoms with van der Waals surface area (Å²) < 4.78 is 0. The van der Waals surface area contributed by atoms with Crippen molar-refractivity contribution in [2.45, 2.75) is 5.03 Å². The molecule has 1 aromatic carbocycles. The van der Waals surface area contributed by atoms with Gasteiger partial charge in [0.05, 0.1) is 11.4 Å². The molecule has 0 unspecified atom stereocenters. The molecule has 3 heterocycles. The fourth-order valence-electron chi connectivity index (χ4n) is 2.26. The Morgan fingerprint density at radius 2 is 1.77 bits per heavy atom. The van der Waals surface area contributed by atoms with Crippen LogP contribution in [0.3, 0.4) is 0 Å². The van der Waals surface area contributed by atoms with Crippen molar-refractivity contribution in [1.29, 1.82) is 0 Å². The Bertz CT molecular complexity index is 850. The third kappa shape index (κ3) is 2.63. The smallest absolute Gasteiger partial charge is 0.126 e. The highest BCUT2D eigenvalue weighted by Crippen LogP contribution is 2.42. The summed E-state index contributed by atoms with van der Waals surface area (Å²) >= 11 is 3.42. The standard InChI is InChI=1S/C18H12N2S2/c1-2-6-13(7-3-1)15-12-17(16-9-5-11-21-16)22-18-14(20-15)8-4-10-19-18/h1-12H. The molecule has 0 saturated carbocycles. The van der Waals surface area contributed by atoms with Crippen molar-refractivity contribution in [3.63, 3.8) is 0 Å². The van der Waals surface area contributed by atoms with Crippen LogP contribution in [0.15, 0.2) is 82.3 Å². The van der Waals surface area contributed by atoms with E-state index in [1.807, 2.05) is 36.5 Å². The van der Waals surface area contributed by atoms with Crippen LogP contribution in [0, 0.1) is 0 Å². The first kappa shape index (κ1) is 13.5. The number of rotatable bonds is 2. The summed E-state index contributed by atoms with van der Waals surface area (Å²) in [5.41, 5.74) is 3.02. The Morgan fingerprint density at radius 1 is 0.864 bits per heavy atom. The van der Waals surface area contributed by atoms with Gasteiger partial charge in [0.25, 0.3) is 0 Å². The third-order valence-corrected chi connectivity index (χ3v) is 5.40. The maximum Gasteiger partial charge on any atom is 0.126 e. The second-order valence-electron chi connectivity index (χ2n) is 4.78. The molecule has 0 aliphatic carbocycles. The van der Waals surface area contributed by atoms with Gasteiger partial charge in [-0.05, 0) is 29.7 Å². The van der Waals surface area contributed by atoms with Gasteiger partial charge < -0.3 is 0 Å². The summed E-state index contributed by atoms with van der Waals surface area (Å²) in [5.74, 6) is 0. The van der Waals surface area contributed by atoms with Crippen LogP contribution >= 0.6 is 23.1 Å². The Labute approximate surface area is 137 Å². The highest BCUT2D eigenvalue weighted by Gasteiger charge is 2.16. The molecule has 0 atom stereocenters. The van der Waals surface area contributed by atoms with E-state index in [0.29, 0.717) is 0 Å². The van der Waals surface area contributed by atoms with E-state index in [0.717, 1.165) is 22.0 Å². The SMILES string of the molecule is C1=C(c2cccs2)Sc2ncccc2N=C1c1ccccc1. The van der Waals surface area contributed by atoms with Gasteiger partial charge in [0.15, 0.2) is 0 Å². The van der Waals surface area contributed by atoms with Gasteiger partial charge >= 0.3 is 0 Å². The summed E-state index contributed by atoms with van der Waals surface area (Å²) in [7, 11) is 0. The molecule has 3 aromatic rings. The number of aliphatic imine (C=N–C) groups is 1. The van der Waals surface area contributed by atoms with E-state index in [1.165, 1.54) is 9.78 Å². The van der Waals surface area contributed by atoms with Crippen molar-refractivity contribution < 1.29 is 0 Å². The molecule has 2 nitrogen and oxygen atoms in total. The molecule has 0 radical (unpaired) electrons. The van der Waals surface area contributed by atoms with Gasteiger partial charge in [-0.2, -0.15) is 0 Å². The number of nitrogens with zero attached hydrogens (tertiary/aromatic N) is 2. The highest BCUT2D eigenvalue weighted by molar-refractivity contribution is 8.08. The quantitative estimate of drug-likeness (QED) is 0.630. The van der Waals surface area contributed by atoms with Crippen LogP contribution in [-0.4, -0.2) is 10.7 Å². The van der Waals surface area contributed by atoms with E-state index in [2.05, 4.69) is 40.7 Å². The fraction of sp³-hybridized carbons (Fsp3) is 0. The first-order valence-electron chi connectivity index (χ1n) is 6.93. The Morgan fingerprint density at radius 3 is 2.59 bits per heavy atom. The second-order valence-corrected chi connectivity index (χ2v) is 6.76. The second kappa shape index (κ2) is 5.91. The van der Waals surface area contributed by atoms with Crippen LogP contribution in [0.25, 0.3) is 4.91 Å². The molecule has 2 aromatic heterocycles. The monoisotopic (exact) mass is 320 g/mol. The van der Waals surface area contributed by atoms with E-state index >= 15 is 0 Å². The highest BCUT2D eigenvalue weighted by atomic mass is 32.2. The summed E-state index contributed by atoms with van der Waals surface area (Å²) in [6.07, 6.45) is 3.98. The van der Waals surface area contributed by atoms with E-state index in [1.54, 1.807) is 23.1 Å². The topological polar surface area (TPSA) is 25.2 Å². The van der Waals surface area contributed by atoms with E-state index < -0.39 is 0 Å². The molecule has 1 aliphatic heterocycles. The Kier molecular flexibility index (Phi) is 3.62. The summed E-state index contributed by atoms with van der Waals surface area (Å²) in [6, 6.07) is 18.4. The molecule has 0 amide bonds. The molecular formula is C18H12N2S2. The molecule has 22 heavy (non-hydrogen) atoms. The number of aromatic nitrogens is 1. The maximum atomic E-state index is 4.83. The molecule has 0 bridgehead atoms. The molecule has 0 N–H and O–H groups in total. The van der Waals surface area contributed by atoms with Crippen LogP contribution in [0.4, 0.5) is 5.69 Å². The van der Waals surface area contributed by atoms with Crippen LogP contribution in [0.5, 0.6) is 0 Å². The summed E-state index contributed by atoms with van der Waals surface area (Å²) in [6.45, 7) is 0. The van der Waals surface area contributed by atoms with Gasteiger partial charge in [-0.15, -0.1) is 11.3 Å². The molecule has 1 aliphatic rings. The fourth-order valence-corrected chi connectivity index (χ4v) is 4.05. The lowest BCUT2D eigenvalue weighted by Crippen LogP contribution is -1.95. The summed E-state index contributed by atoms with van der Waals surface area (Å²) in [4.78, 5) is 11.8. The first-order chi connectivity index (χ1) is 10.9. The minimum Gasteiger partial charge on any atom is -0.247 e. The lowest BCUT2D eigenvalue weighted by molar-refractivity contribution is 1.13. The molecule has 4 heteroatoms. The van der Waals surface area contributed by atoms with Gasteiger partial charge in [-0.3, -0.25) is 0 Å². The zero-order valence-corrected chi connectivity index (χ0v) is 13.3. The van der Waals surface area contributed by atoms with Crippen LogP contribution < -0.4 is 0 Å². The Balaban J connectivity index is 1.90. The molecule has 106 valence electrons. The number of pyridine rings is 1. The zero-order valence-electron chi connectivity index (χ0n) is 11.6. The number of hydrogen-bond acceptors (Lipinski definition) is 4. The summed E-state index contributed by atoms with van der Waals surface area (Å²) in [5, 5.41) is 3.05. The van der Waals surface area contributed by atoms with Crippen LogP contribution in [-0.2, 0) is 0 Å². The normalized spacial score (nSPS) is 13.8. The zero-order chi connectivity index (χ0) is 14.8. The first-order valence-corrected chi connectivity index (χ1v) is 8.62. The molecule has 0 saturated heterocycles.